The van der Waals surface area contributed by atoms with E-state index in [9.17, 15) is 0 Å². The van der Waals surface area contributed by atoms with E-state index in [1.54, 1.807) is 0 Å². The Hall–Kier alpha value is -1.09. The first-order valence-electron chi connectivity index (χ1n) is 6.54. The molecule has 1 fully saturated rings. The van der Waals surface area contributed by atoms with Crippen LogP contribution >= 0.6 is 0 Å². The molecule has 3 nitrogen and oxygen atoms in total. The fraction of sp³-hybridized carbons (Fsp3) is 0.643. The summed E-state index contributed by atoms with van der Waals surface area (Å²) in [6.07, 6.45) is 2.62. The number of nitrogens with one attached hydrogen (secondary N) is 1. The van der Waals surface area contributed by atoms with E-state index >= 15 is 0 Å². The highest BCUT2D eigenvalue weighted by atomic mass is 15.2. The van der Waals surface area contributed by atoms with Crippen molar-refractivity contribution in [3.05, 3.63) is 22.9 Å². The van der Waals surface area contributed by atoms with Gasteiger partial charge in [-0.2, -0.15) is 0 Å². The molecule has 1 saturated carbocycles. The normalized spacial score (nSPS) is 15.1. The molecule has 0 aromatic carbocycles. The van der Waals surface area contributed by atoms with Gasteiger partial charge in [0.25, 0.3) is 0 Å². The van der Waals surface area contributed by atoms with Gasteiger partial charge in [0.1, 0.15) is 5.82 Å². The Bertz CT molecular complexity index is 397. The van der Waals surface area contributed by atoms with Crippen LogP contribution in [-0.2, 0) is 6.54 Å². The minimum absolute atomic E-state index is 0.712. The van der Waals surface area contributed by atoms with E-state index in [0.717, 1.165) is 18.8 Å². The zero-order valence-electron chi connectivity index (χ0n) is 11.4. The van der Waals surface area contributed by atoms with E-state index in [1.165, 1.54) is 29.8 Å². The monoisotopic (exact) mass is 233 g/mol. The minimum Gasteiger partial charge on any atom is -0.356 e. The first kappa shape index (κ1) is 12.4. The van der Waals surface area contributed by atoms with Crippen molar-refractivity contribution in [3.8, 4) is 0 Å². The van der Waals surface area contributed by atoms with E-state index in [4.69, 9.17) is 4.98 Å². The Labute approximate surface area is 104 Å². The number of aromatic nitrogens is 1. The van der Waals surface area contributed by atoms with E-state index < -0.39 is 0 Å². The van der Waals surface area contributed by atoms with Crippen LogP contribution in [0.3, 0.4) is 0 Å². The summed E-state index contributed by atoms with van der Waals surface area (Å²) in [5.41, 5.74) is 3.82. The number of pyridine rings is 1. The zero-order chi connectivity index (χ0) is 12.4. The second kappa shape index (κ2) is 5.05. The van der Waals surface area contributed by atoms with E-state index in [-0.39, 0.29) is 0 Å². The molecule has 17 heavy (non-hydrogen) atoms. The highest BCUT2D eigenvalue weighted by Crippen LogP contribution is 2.32. The third kappa shape index (κ3) is 2.78. The lowest BCUT2D eigenvalue weighted by molar-refractivity contribution is 0.714. The molecule has 1 heterocycles. The van der Waals surface area contributed by atoms with Gasteiger partial charge < -0.3 is 10.2 Å². The van der Waals surface area contributed by atoms with E-state index in [1.807, 2.05) is 0 Å². The number of anilines is 1. The van der Waals surface area contributed by atoms with Crippen LogP contribution in [0.2, 0.25) is 0 Å². The summed E-state index contributed by atoms with van der Waals surface area (Å²) in [6.45, 7) is 8.32. The van der Waals surface area contributed by atoms with Crippen molar-refractivity contribution in [1.82, 2.24) is 10.3 Å². The van der Waals surface area contributed by atoms with Crippen LogP contribution in [0.4, 0.5) is 5.82 Å². The predicted molar refractivity (Wildman–Crippen MR) is 72.5 cm³/mol. The van der Waals surface area contributed by atoms with Crippen LogP contribution in [0.25, 0.3) is 0 Å². The molecule has 1 aromatic rings. The van der Waals surface area contributed by atoms with Crippen molar-refractivity contribution in [1.29, 1.82) is 0 Å². The molecule has 0 radical (unpaired) electrons. The fourth-order valence-corrected chi connectivity index (χ4v) is 2.24. The molecule has 0 saturated heterocycles. The summed E-state index contributed by atoms with van der Waals surface area (Å²) in [4.78, 5) is 7.09. The zero-order valence-corrected chi connectivity index (χ0v) is 11.4. The molecular formula is C14H23N3. The molecule has 1 N–H and O–H groups in total. The van der Waals surface area contributed by atoms with Crippen LogP contribution in [0.5, 0.6) is 0 Å². The van der Waals surface area contributed by atoms with Gasteiger partial charge in [0.2, 0.25) is 0 Å². The third-order valence-electron chi connectivity index (χ3n) is 3.43. The maximum Gasteiger partial charge on any atom is 0.133 e. The van der Waals surface area contributed by atoms with Crippen molar-refractivity contribution in [2.75, 3.05) is 18.5 Å². The van der Waals surface area contributed by atoms with Crippen molar-refractivity contribution < 1.29 is 0 Å². The lowest BCUT2D eigenvalue weighted by Crippen LogP contribution is -2.25. The van der Waals surface area contributed by atoms with Crippen molar-refractivity contribution in [3.63, 3.8) is 0 Å². The van der Waals surface area contributed by atoms with Gasteiger partial charge in [-0.1, -0.05) is 6.92 Å². The summed E-state index contributed by atoms with van der Waals surface area (Å²) >= 11 is 0. The molecule has 3 heteroatoms. The highest BCUT2D eigenvalue weighted by Gasteiger charge is 2.28. The molecule has 2 rings (SSSR count). The van der Waals surface area contributed by atoms with Crippen LogP contribution in [-0.4, -0.2) is 24.6 Å². The second-order valence-corrected chi connectivity index (χ2v) is 5.01. The molecule has 0 atom stereocenters. The lowest BCUT2D eigenvalue weighted by Gasteiger charge is -2.23. The van der Waals surface area contributed by atoms with Gasteiger partial charge in [-0.3, -0.25) is 0 Å². The quantitative estimate of drug-likeness (QED) is 0.846. The Morgan fingerprint density at radius 1 is 1.41 bits per heavy atom. The van der Waals surface area contributed by atoms with Crippen molar-refractivity contribution in [2.24, 2.45) is 0 Å². The average Bonchev–Trinajstić information content (AvgIpc) is 3.10. The molecule has 1 aliphatic carbocycles. The summed E-state index contributed by atoms with van der Waals surface area (Å²) in [6, 6.07) is 2.89. The average molecular weight is 233 g/mol. The number of aryl methyl sites for hydroxylation is 2. The summed E-state index contributed by atoms with van der Waals surface area (Å²) in [5, 5.41) is 3.41. The highest BCUT2D eigenvalue weighted by molar-refractivity contribution is 5.52. The number of hydrogen-bond acceptors (Lipinski definition) is 3. The molecule has 0 amide bonds. The van der Waals surface area contributed by atoms with Gasteiger partial charge in [-0.15, -0.1) is 0 Å². The minimum atomic E-state index is 0.712. The van der Waals surface area contributed by atoms with Gasteiger partial charge in [0, 0.05) is 30.9 Å². The maximum atomic E-state index is 4.73. The summed E-state index contributed by atoms with van der Waals surface area (Å²) in [5.74, 6) is 1.17. The molecule has 0 aliphatic heterocycles. The van der Waals surface area contributed by atoms with Gasteiger partial charge in [-0.25, -0.2) is 4.98 Å². The lowest BCUT2D eigenvalue weighted by atomic mass is 10.1. The molecule has 1 aliphatic rings. The molecular weight excluding hydrogens is 210 g/mol. The SMILES string of the molecule is CCNCc1c(C)cc(C)nc1N(C)C1CC1. The van der Waals surface area contributed by atoms with Gasteiger partial charge in [0.05, 0.1) is 0 Å². The van der Waals surface area contributed by atoms with Crippen LogP contribution in [0, 0.1) is 13.8 Å². The van der Waals surface area contributed by atoms with Crippen LogP contribution < -0.4 is 10.2 Å². The van der Waals surface area contributed by atoms with Gasteiger partial charge >= 0.3 is 0 Å². The van der Waals surface area contributed by atoms with Gasteiger partial charge in [-0.05, 0) is 44.9 Å². The first-order chi connectivity index (χ1) is 8.13. The van der Waals surface area contributed by atoms with E-state index in [2.05, 4.69) is 44.1 Å². The Kier molecular flexibility index (Phi) is 3.67. The topological polar surface area (TPSA) is 28.2 Å². The predicted octanol–water partition coefficient (Wildman–Crippen LogP) is 2.41. The molecule has 0 spiro atoms. The Morgan fingerprint density at radius 3 is 2.71 bits per heavy atom. The third-order valence-corrected chi connectivity index (χ3v) is 3.43. The maximum absolute atomic E-state index is 4.73. The first-order valence-corrected chi connectivity index (χ1v) is 6.54. The molecule has 0 bridgehead atoms. The summed E-state index contributed by atoms with van der Waals surface area (Å²) < 4.78 is 0. The Morgan fingerprint density at radius 2 is 2.12 bits per heavy atom. The number of hydrogen-bond donors (Lipinski definition) is 1. The Balaban J connectivity index is 2.31. The number of rotatable bonds is 5. The number of nitrogens with zero attached hydrogens (tertiary/aromatic N) is 2. The largest absolute Gasteiger partial charge is 0.356 e. The van der Waals surface area contributed by atoms with Crippen molar-refractivity contribution in [2.45, 2.75) is 46.2 Å². The second-order valence-electron chi connectivity index (χ2n) is 5.01. The van der Waals surface area contributed by atoms with E-state index in [0.29, 0.717) is 6.04 Å². The summed E-state index contributed by atoms with van der Waals surface area (Å²) in [7, 11) is 2.17. The smallest absolute Gasteiger partial charge is 0.133 e. The van der Waals surface area contributed by atoms with Crippen molar-refractivity contribution >= 4 is 5.82 Å². The van der Waals surface area contributed by atoms with Crippen LogP contribution in [0.1, 0.15) is 36.6 Å². The van der Waals surface area contributed by atoms with Gasteiger partial charge in [0.15, 0.2) is 0 Å². The standard InChI is InChI=1S/C14H23N3/c1-5-15-9-13-10(2)8-11(3)16-14(13)17(4)12-6-7-12/h8,12,15H,5-7,9H2,1-4H3. The molecule has 94 valence electrons. The molecule has 0 unspecified atom stereocenters. The molecule has 1 aromatic heterocycles. The van der Waals surface area contributed by atoms with Crippen LogP contribution in [0.15, 0.2) is 6.07 Å². The fourth-order valence-electron chi connectivity index (χ4n) is 2.24.